The molecular weight excluding hydrogens is 254 g/mol. The Bertz CT molecular complexity index is 294. The Balaban J connectivity index is 1.92. The van der Waals surface area contributed by atoms with Crippen molar-refractivity contribution in [2.45, 2.75) is 36.3 Å². The molecule has 0 amide bonds. The van der Waals surface area contributed by atoms with E-state index in [1.54, 1.807) is 11.8 Å². The SMILES string of the molecule is CNC1CCC2(CC1SCC(=O)OC)OCCO2. The van der Waals surface area contributed by atoms with Crippen LogP contribution in [0.5, 0.6) is 0 Å². The van der Waals surface area contributed by atoms with E-state index in [0.29, 0.717) is 30.3 Å². The number of carbonyl (C=O) groups excluding carboxylic acids is 1. The maximum atomic E-state index is 11.2. The third kappa shape index (κ3) is 3.17. The van der Waals surface area contributed by atoms with E-state index in [1.807, 2.05) is 7.05 Å². The van der Waals surface area contributed by atoms with Crippen LogP contribution in [0.15, 0.2) is 0 Å². The van der Waals surface area contributed by atoms with E-state index in [4.69, 9.17) is 9.47 Å². The van der Waals surface area contributed by atoms with Gasteiger partial charge in [0.05, 0.1) is 26.1 Å². The normalized spacial score (nSPS) is 30.6. The van der Waals surface area contributed by atoms with Crippen LogP contribution in [0.2, 0.25) is 0 Å². The molecule has 1 saturated heterocycles. The van der Waals surface area contributed by atoms with Crippen molar-refractivity contribution in [2.24, 2.45) is 0 Å². The number of thioether (sulfide) groups is 1. The molecule has 0 aromatic rings. The van der Waals surface area contributed by atoms with Crippen molar-refractivity contribution in [3.8, 4) is 0 Å². The van der Waals surface area contributed by atoms with Crippen molar-refractivity contribution in [2.75, 3.05) is 33.1 Å². The molecule has 0 bridgehead atoms. The van der Waals surface area contributed by atoms with Gasteiger partial charge in [-0.3, -0.25) is 4.79 Å². The fourth-order valence-electron chi connectivity index (χ4n) is 2.61. The first kappa shape index (κ1) is 14.1. The second kappa shape index (κ2) is 6.23. The summed E-state index contributed by atoms with van der Waals surface area (Å²) in [5.41, 5.74) is 0. The van der Waals surface area contributed by atoms with Gasteiger partial charge in [0.2, 0.25) is 0 Å². The van der Waals surface area contributed by atoms with Crippen LogP contribution in [0.25, 0.3) is 0 Å². The lowest BCUT2D eigenvalue weighted by Gasteiger charge is -2.40. The van der Waals surface area contributed by atoms with Gasteiger partial charge in [0.1, 0.15) is 0 Å². The number of esters is 1. The molecule has 2 rings (SSSR count). The fraction of sp³-hybridized carbons (Fsp3) is 0.917. The van der Waals surface area contributed by atoms with Crippen LogP contribution >= 0.6 is 11.8 Å². The summed E-state index contributed by atoms with van der Waals surface area (Å²) < 4.78 is 16.2. The van der Waals surface area contributed by atoms with Gasteiger partial charge in [-0.15, -0.1) is 11.8 Å². The van der Waals surface area contributed by atoms with Crippen LogP contribution in [0.4, 0.5) is 0 Å². The Morgan fingerprint density at radius 1 is 1.50 bits per heavy atom. The van der Waals surface area contributed by atoms with Crippen LogP contribution in [0, 0.1) is 0 Å². The summed E-state index contributed by atoms with van der Waals surface area (Å²) in [4.78, 5) is 11.2. The molecule has 2 fully saturated rings. The molecule has 6 heteroatoms. The number of nitrogens with one attached hydrogen (secondary N) is 1. The van der Waals surface area contributed by atoms with E-state index < -0.39 is 5.79 Å². The molecule has 1 aliphatic carbocycles. The highest BCUT2D eigenvalue weighted by atomic mass is 32.2. The summed E-state index contributed by atoms with van der Waals surface area (Å²) in [6.07, 6.45) is 2.77. The Hall–Kier alpha value is -0.300. The van der Waals surface area contributed by atoms with Gasteiger partial charge in [-0.2, -0.15) is 0 Å². The third-order valence-corrected chi connectivity index (χ3v) is 4.95. The van der Waals surface area contributed by atoms with E-state index in [0.717, 1.165) is 19.3 Å². The van der Waals surface area contributed by atoms with E-state index in [-0.39, 0.29) is 5.97 Å². The second-order valence-corrected chi connectivity index (χ2v) is 5.90. The Kier molecular flexibility index (Phi) is 4.89. The van der Waals surface area contributed by atoms with E-state index in [1.165, 1.54) is 7.11 Å². The molecule has 0 aromatic heterocycles. The highest BCUT2D eigenvalue weighted by Gasteiger charge is 2.45. The van der Waals surface area contributed by atoms with Crippen molar-refractivity contribution >= 4 is 17.7 Å². The molecule has 1 saturated carbocycles. The van der Waals surface area contributed by atoms with Gasteiger partial charge in [0.15, 0.2) is 5.79 Å². The Morgan fingerprint density at radius 2 is 2.22 bits per heavy atom. The first-order valence-electron chi connectivity index (χ1n) is 6.33. The van der Waals surface area contributed by atoms with Crippen molar-refractivity contribution in [1.29, 1.82) is 0 Å². The van der Waals surface area contributed by atoms with Gasteiger partial charge >= 0.3 is 5.97 Å². The zero-order valence-electron chi connectivity index (χ0n) is 10.9. The van der Waals surface area contributed by atoms with Gasteiger partial charge < -0.3 is 19.5 Å². The van der Waals surface area contributed by atoms with Gasteiger partial charge in [0, 0.05) is 24.1 Å². The molecule has 1 heterocycles. The predicted molar refractivity (Wildman–Crippen MR) is 69.6 cm³/mol. The lowest BCUT2D eigenvalue weighted by Crippen LogP contribution is -2.49. The summed E-state index contributed by atoms with van der Waals surface area (Å²) >= 11 is 1.63. The molecule has 5 nitrogen and oxygen atoms in total. The first-order valence-corrected chi connectivity index (χ1v) is 7.37. The molecule has 1 N–H and O–H groups in total. The molecule has 2 atom stereocenters. The Morgan fingerprint density at radius 3 is 2.83 bits per heavy atom. The summed E-state index contributed by atoms with van der Waals surface area (Å²) in [5.74, 6) is -0.195. The highest BCUT2D eigenvalue weighted by Crippen LogP contribution is 2.40. The van der Waals surface area contributed by atoms with Gasteiger partial charge in [-0.05, 0) is 13.5 Å². The number of hydrogen-bond acceptors (Lipinski definition) is 6. The minimum atomic E-state index is -0.402. The summed E-state index contributed by atoms with van der Waals surface area (Å²) in [5, 5.41) is 3.64. The molecule has 1 aliphatic heterocycles. The van der Waals surface area contributed by atoms with Crippen LogP contribution in [-0.4, -0.2) is 56.2 Å². The minimum Gasteiger partial charge on any atom is -0.468 e. The number of rotatable bonds is 4. The smallest absolute Gasteiger partial charge is 0.315 e. The van der Waals surface area contributed by atoms with Gasteiger partial charge in [-0.1, -0.05) is 0 Å². The maximum absolute atomic E-state index is 11.2. The standard InChI is InChI=1S/C12H21NO4S/c1-13-9-3-4-12(16-5-6-17-12)7-10(9)18-8-11(14)15-2/h9-10,13H,3-8H2,1-2H3. The van der Waals surface area contributed by atoms with Crippen LogP contribution in [0.3, 0.4) is 0 Å². The summed E-state index contributed by atoms with van der Waals surface area (Å²) in [7, 11) is 3.38. The van der Waals surface area contributed by atoms with E-state index in [2.05, 4.69) is 10.1 Å². The van der Waals surface area contributed by atoms with E-state index in [9.17, 15) is 4.79 Å². The minimum absolute atomic E-state index is 0.178. The van der Waals surface area contributed by atoms with Gasteiger partial charge in [0.25, 0.3) is 0 Å². The number of ether oxygens (including phenoxy) is 3. The van der Waals surface area contributed by atoms with Crippen molar-refractivity contribution in [1.82, 2.24) is 5.32 Å². The number of methoxy groups -OCH3 is 1. The monoisotopic (exact) mass is 275 g/mol. The van der Waals surface area contributed by atoms with E-state index >= 15 is 0 Å². The van der Waals surface area contributed by atoms with Crippen LogP contribution in [0.1, 0.15) is 19.3 Å². The van der Waals surface area contributed by atoms with Crippen LogP contribution < -0.4 is 5.32 Å². The van der Waals surface area contributed by atoms with Crippen LogP contribution in [-0.2, 0) is 19.0 Å². The third-order valence-electron chi connectivity index (χ3n) is 3.62. The topological polar surface area (TPSA) is 56.8 Å². The average molecular weight is 275 g/mol. The molecule has 1 spiro atoms. The molecule has 104 valence electrons. The highest BCUT2D eigenvalue weighted by molar-refractivity contribution is 8.00. The van der Waals surface area contributed by atoms with Gasteiger partial charge in [-0.25, -0.2) is 0 Å². The van der Waals surface area contributed by atoms with Crippen molar-refractivity contribution < 1.29 is 19.0 Å². The number of carbonyl (C=O) groups is 1. The molecule has 0 aromatic carbocycles. The molecule has 2 aliphatic rings. The predicted octanol–water partition coefficient (Wildman–Crippen LogP) is 0.776. The van der Waals surface area contributed by atoms with Crippen molar-refractivity contribution in [3.63, 3.8) is 0 Å². The number of hydrogen-bond donors (Lipinski definition) is 1. The lowest BCUT2D eigenvalue weighted by atomic mass is 9.89. The second-order valence-electron chi connectivity index (χ2n) is 4.67. The molecular formula is C12H21NO4S. The lowest BCUT2D eigenvalue weighted by molar-refractivity contribution is -0.177. The molecule has 2 unspecified atom stereocenters. The maximum Gasteiger partial charge on any atom is 0.315 e. The quantitative estimate of drug-likeness (QED) is 0.765. The summed E-state index contributed by atoms with van der Waals surface area (Å²) in [6.45, 7) is 1.36. The zero-order valence-corrected chi connectivity index (χ0v) is 11.8. The zero-order chi connectivity index (χ0) is 13.0. The summed E-state index contributed by atoms with van der Waals surface area (Å²) in [6, 6.07) is 0.401. The molecule has 18 heavy (non-hydrogen) atoms. The largest absolute Gasteiger partial charge is 0.468 e. The van der Waals surface area contributed by atoms with Crippen molar-refractivity contribution in [3.05, 3.63) is 0 Å². The molecule has 0 radical (unpaired) electrons. The average Bonchev–Trinajstić information content (AvgIpc) is 2.84. The Labute approximate surface area is 112 Å². The fourth-order valence-corrected chi connectivity index (χ4v) is 3.95. The first-order chi connectivity index (χ1) is 8.69.